The summed E-state index contributed by atoms with van der Waals surface area (Å²) in [4.78, 5) is 0. The second kappa shape index (κ2) is 5.91. The fourth-order valence-electron chi connectivity index (χ4n) is 1.30. The average molecular weight is 256 g/mol. The van der Waals surface area contributed by atoms with Crippen LogP contribution >= 0.6 is 11.8 Å². The van der Waals surface area contributed by atoms with Gasteiger partial charge in [-0.2, -0.15) is 16.9 Å². The molecule has 2 nitrogen and oxygen atoms in total. The first-order chi connectivity index (χ1) is 7.38. The zero-order valence-corrected chi connectivity index (χ0v) is 13.0. The third-order valence-corrected chi connectivity index (χ3v) is 5.54. The highest BCUT2D eigenvalue weighted by atomic mass is 32.2. The minimum atomic E-state index is -0.855. The molecule has 0 N–H and O–H groups in total. The second-order valence-electron chi connectivity index (χ2n) is 5.74. The molecule has 0 spiro atoms. The van der Waals surface area contributed by atoms with Crippen LogP contribution < -0.4 is 0 Å². The second-order valence-corrected chi connectivity index (χ2v) is 12.5. The summed E-state index contributed by atoms with van der Waals surface area (Å²) in [5.41, 5.74) is 1.22. The molecule has 0 amide bonds. The molecule has 0 atom stereocenters. The van der Waals surface area contributed by atoms with E-state index in [1.807, 2.05) is 16.4 Å². The molecule has 0 saturated carbocycles. The number of rotatable bonds is 6. The molecule has 0 aliphatic carbocycles. The third-order valence-electron chi connectivity index (χ3n) is 2.44. The summed E-state index contributed by atoms with van der Waals surface area (Å²) in [5, 5.41) is 4.55. The van der Waals surface area contributed by atoms with Gasteiger partial charge in [-0.1, -0.05) is 19.6 Å². The van der Waals surface area contributed by atoms with E-state index in [1.165, 1.54) is 17.5 Å². The zero-order chi connectivity index (χ0) is 12.2. The van der Waals surface area contributed by atoms with E-state index in [-0.39, 0.29) is 0 Å². The normalized spacial score (nSPS) is 12.4. The lowest BCUT2D eigenvalue weighted by molar-refractivity contribution is 0.529. The Morgan fingerprint density at radius 3 is 2.56 bits per heavy atom. The Balaban J connectivity index is 2.27. The van der Waals surface area contributed by atoms with E-state index in [0.29, 0.717) is 6.04 Å². The summed E-state index contributed by atoms with van der Waals surface area (Å²) in [6, 6.07) is 4.02. The number of hydrogen-bond donors (Lipinski definition) is 0. The van der Waals surface area contributed by atoms with E-state index in [1.54, 1.807) is 0 Å². The van der Waals surface area contributed by atoms with Crippen molar-refractivity contribution in [1.29, 1.82) is 0 Å². The van der Waals surface area contributed by atoms with E-state index < -0.39 is 8.07 Å². The van der Waals surface area contributed by atoms with Gasteiger partial charge < -0.3 is 0 Å². The number of aromatic nitrogens is 2. The first-order valence-electron chi connectivity index (χ1n) is 6.00. The molecule has 0 saturated heterocycles. The molecule has 0 aliphatic heterocycles. The van der Waals surface area contributed by atoms with E-state index in [4.69, 9.17) is 0 Å². The SMILES string of the molecule is CC(C)n1ccc(CSCC[Si](C)(C)C)n1. The van der Waals surface area contributed by atoms with Crippen molar-refractivity contribution in [3.05, 3.63) is 18.0 Å². The van der Waals surface area contributed by atoms with Crippen LogP contribution in [0.5, 0.6) is 0 Å². The van der Waals surface area contributed by atoms with Crippen molar-refractivity contribution in [1.82, 2.24) is 9.78 Å². The smallest absolute Gasteiger partial charge is 0.0723 e. The molecule has 0 aromatic carbocycles. The van der Waals surface area contributed by atoms with Crippen LogP contribution in [0.4, 0.5) is 0 Å². The van der Waals surface area contributed by atoms with Gasteiger partial charge in [0.25, 0.3) is 0 Å². The van der Waals surface area contributed by atoms with Gasteiger partial charge in [0.2, 0.25) is 0 Å². The maximum absolute atomic E-state index is 4.55. The van der Waals surface area contributed by atoms with Gasteiger partial charge in [0.15, 0.2) is 0 Å². The van der Waals surface area contributed by atoms with Crippen LogP contribution in [-0.2, 0) is 5.75 Å². The number of nitrogens with zero attached hydrogens (tertiary/aromatic N) is 2. The van der Waals surface area contributed by atoms with Crippen LogP contribution in [0, 0.1) is 0 Å². The van der Waals surface area contributed by atoms with Crippen molar-refractivity contribution < 1.29 is 0 Å². The van der Waals surface area contributed by atoms with Gasteiger partial charge in [-0.25, -0.2) is 0 Å². The summed E-state index contributed by atoms with van der Waals surface area (Å²) in [6.45, 7) is 11.6. The van der Waals surface area contributed by atoms with Crippen molar-refractivity contribution in [3.63, 3.8) is 0 Å². The first kappa shape index (κ1) is 13.8. The molecule has 92 valence electrons. The topological polar surface area (TPSA) is 17.8 Å². The summed E-state index contributed by atoms with van der Waals surface area (Å²) >= 11 is 2.02. The molecule has 0 bridgehead atoms. The first-order valence-corrected chi connectivity index (χ1v) is 10.9. The maximum atomic E-state index is 4.55. The monoisotopic (exact) mass is 256 g/mol. The fourth-order valence-corrected chi connectivity index (χ4v) is 4.83. The van der Waals surface area contributed by atoms with E-state index in [0.717, 1.165) is 5.75 Å². The number of thioether (sulfide) groups is 1. The molecule has 1 aromatic rings. The Hall–Kier alpha value is -0.223. The standard InChI is InChI=1S/C12H24N2SSi/c1-11(2)14-7-6-12(13-14)10-15-8-9-16(3,4)5/h6-7,11H,8-10H2,1-5H3. The van der Waals surface area contributed by atoms with Crippen LogP contribution in [0.1, 0.15) is 25.6 Å². The van der Waals surface area contributed by atoms with Crippen LogP contribution in [0.15, 0.2) is 12.3 Å². The summed E-state index contributed by atoms with van der Waals surface area (Å²) in [6.07, 6.45) is 2.08. The minimum absolute atomic E-state index is 0.473. The molecule has 4 heteroatoms. The van der Waals surface area contributed by atoms with Gasteiger partial charge in [-0.15, -0.1) is 0 Å². The van der Waals surface area contributed by atoms with Crippen molar-refractivity contribution in [3.8, 4) is 0 Å². The van der Waals surface area contributed by atoms with E-state index in [9.17, 15) is 0 Å². The van der Waals surface area contributed by atoms with Crippen LogP contribution in [-0.4, -0.2) is 23.6 Å². The highest BCUT2D eigenvalue weighted by molar-refractivity contribution is 7.98. The van der Waals surface area contributed by atoms with Gasteiger partial charge in [-0.05, 0) is 31.7 Å². The van der Waals surface area contributed by atoms with Gasteiger partial charge in [0, 0.05) is 26.1 Å². The summed E-state index contributed by atoms with van der Waals surface area (Å²) < 4.78 is 2.04. The molecule has 0 fully saturated rings. The molecule has 1 heterocycles. The molecular formula is C12H24N2SSi. The quantitative estimate of drug-likeness (QED) is 0.565. The molecule has 0 aliphatic rings. The van der Waals surface area contributed by atoms with Crippen LogP contribution in [0.2, 0.25) is 25.7 Å². The molecule has 1 rings (SSSR count). The molecule has 16 heavy (non-hydrogen) atoms. The third kappa shape index (κ3) is 5.21. The highest BCUT2D eigenvalue weighted by Gasteiger charge is 2.12. The van der Waals surface area contributed by atoms with E-state index >= 15 is 0 Å². The predicted molar refractivity (Wildman–Crippen MR) is 76.9 cm³/mol. The molecule has 1 aromatic heterocycles. The largest absolute Gasteiger partial charge is 0.270 e. The Morgan fingerprint density at radius 2 is 2.06 bits per heavy atom. The van der Waals surface area contributed by atoms with Crippen molar-refractivity contribution in [2.45, 2.75) is 51.3 Å². The van der Waals surface area contributed by atoms with E-state index in [2.05, 4.69) is 50.9 Å². The predicted octanol–water partition coefficient (Wildman–Crippen LogP) is 4.04. The Morgan fingerprint density at radius 1 is 1.38 bits per heavy atom. The highest BCUT2D eigenvalue weighted by Crippen LogP contribution is 2.17. The lowest BCUT2D eigenvalue weighted by atomic mass is 10.4. The Bertz CT molecular complexity index is 315. The fraction of sp³-hybridized carbons (Fsp3) is 0.750. The minimum Gasteiger partial charge on any atom is -0.270 e. The van der Waals surface area contributed by atoms with Crippen LogP contribution in [0.3, 0.4) is 0 Å². The Labute approximate surface area is 105 Å². The van der Waals surface area contributed by atoms with Crippen molar-refractivity contribution in [2.24, 2.45) is 0 Å². The van der Waals surface area contributed by atoms with Gasteiger partial charge >= 0.3 is 0 Å². The van der Waals surface area contributed by atoms with Crippen molar-refractivity contribution >= 4 is 19.8 Å². The molecule has 0 radical (unpaired) electrons. The Kier molecular flexibility index (Phi) is 5.12. The van der Waals surface area contributed by atoms with Crippen molar-refractivity contribution in [2.75, 3.05) is 5.75 Å². The van der Waals surface area contributed by atoms with Gasteiger partial charge in [0.1, 0.15) is 0 Å². The lowest BCUT2D eigenvalue weighted by Crippen LogP contribution is -2.19. The van der Waals surface area contributed by atoms with Gasteiger partial charge in [0.05, 0.1) is 5.69 Å². The number of hydrogen-bond acceptors (Lipinski definition) is 2. The molecule has 0 unspecified atom stereocenters. The van der Waals surface area contributed by atoms with Crippen LogP contribution in [0.25, 0.3) is 0 Å². The maximum Gasteiger partial charge on any atom is 0.0723 e. The zero-order valence-electron chi connectivity index (χ0n) is 11.2. The molecular weight excluding hydrogens is 232 g/mol. The lowest BCUT2D eigenvalue weighted by Gasteiger charge is -2.14. The van der Waals surface area contributed by atoms with Gasteiger partial charge in [-0.3, -0.25) is 4.68 Å². The summed E-state index contributed by atoms with van der Waals surface area (Å²) in [5.74, 6) is 2.34. The average Bonchev–Trinajstić information content (AvgIpc) is 2.59. The summed E-state index contributed by atoms with van der Waals surface area (Å²) in [7, 11) is -0.855.